The first-order chi connectivity index (χ1) is 9.05. The minimum atomic E-state index is -4.56. The van der Waals surface area contributed by atoms with Gasteiger partial charge in [0.25, 0.3) is 0 Å². The second-order valence-corrected chi connectivity index (χ2v) is 6.27. The highest BCUT2D eigenvalue weighted by molar-refractivity contribution is 7.89. The Morgan fingerprint density at radius 2 is 2.00 bits per heavy atom. The zero-order chi connectivity index (χ0) is 15.4. The number of halogens is 3. The molecule has 0 aromatic heterocycles. The van der Waals surface area contributed by atoms with Gasteiger partial charge >= 0.3 is 6.18 Å². The molecule has 0 saturated carbocycles. The summed E-state index contributed by atoms with van der Waals surface area (Å²) in [6, 6.07) is 5.89. The third-order valence-electron chi connectivity index (χ3n) is 2.05. The molecule has 1 N–H and O–H groups in total. The smallest absolute Gasteiger partial charge is 0.323 e. The molecule has 0 fully saturated rings. The van der Waals surface area contributed by atoms with E-state index < -0.39 is 21.9 Å². The maximum absolute atomic E-state index is 11.9. The first-order valence-electron chi connectivity index (χ1n) is 5.39. The molecule has 1 aromatic carbocycles. The van der Waals surface area contributed by atoms with Crippen LogP contribution >= 0.6 is 0 Å². The van der Waals surface area contributed by atoms with Gasteiger partial charge in [0.2, 0.25) is 5.91 Å². The van der Waals surface area contributed by atoms with Gasteiger partial charge in [-0.25, -0.2) is 8.42 Å². The molecule has 110 valence electrons. The van der Waals surface area contributed by atoms with Gasteiger partial charge in [-0.15, -0.1) is 0 Å². The molecule has 8 heteroatoms. The summed E-state index contributed by atoms with van der Waals surface area (Å²) in [4.78, 5) is 11.2. The van der Waals surface area contributed by atoms with E-state index in [-0.39, 0.29) is 17.5 Å². The Bertz CT molecular complexity index is 621. The lowest BCUT2D eigenvalue weighted by Crippen LogP contribution is -2.11. The Morgan fingerprint density at radius 1 is 1.35 bits per heavy atom. The number of anilines is 1. The molecule has 0 heterocycles. The van der Waals surface area contributed by atoms with Gasteiger partial charge in [0, 0.05) is 24.1 Å². The van der Waals surface area contributed by atoms with Crippen LogP contribution in [0.25, 0.3) is 0 Å². The number of hydrogen-bond donors (Lipinski definition) is 1. The summed E-state index contributed by atoms with van der Waals surface area (Å²) in [6.07, 6.45) is -3.31. The van der Waals surface area contributed by atoms with Gasteiger partial charge in [-0.1, -0.05) is 12.1 Å². The van der Waals surface area contributed by atoms with Crippen molar-refractivity contribution < 1.29 is 26.4 Å². The molecule has 0 saturated heterocycles. The van der Waals surface area contributed by atoms with Crippen molar-refractivity contribution in [1.29, 1.82) is 0 Å². The molecular weight excluding hydrogens is 295 g/mol. The fraction of sp³-hybridized carbons (Fsp3) is 0.250. The fourth-order valence-corrected chi connectivity index (χ4v) is 2.18. The summed E-state index contributed by atoms with van der Waals surface area (Å²) in [5.41, 5.74) is 0.660. The molecule has 1 aromatic rings. The van der Waals surface area contributed by atoms with Gasteiger partial charge < -0.3 is 5.32 Å². The molecule has 1 amide bonds. The van der Waals surface area contributed by atoms with Crippen LogP contribution in [0.5, 0.6) is 0 Å². The lowest BCUT2D eigenvalue weighted by molar-refractivity contribution is -0.112. The highest BCUT2D eigenvalue weighted by Gasteiger charge is 2.22. The Balaban J connectivity index is 2.76. The number of rotatable bonds is 4. The summed E-state index contributed by atoms with van der Waals surface area (Å²) in [6.45, 7) is 0. The second-order valence-electron chi connectivity index (χ2n) is 4.13. The third-order valence-corrected chi connectivity index (χ3v) is 2.90. The molecule has 0 aliphatic carbocycles. The molecule has 1 rings (SSSR count). The Morgan fingerprint density at radius 3 is 2.55 bits per heavy atom. The van der Waals surface area contributed by atoms with E-state index in [9.17, 15) is 26.4 Å². The Hall–Kier alpha value is -1.83. The molecule has 0 bridgehead atoms. The zero-order valence-corrected chi connectivity index (χ0v) is 11.3. The van der Waals surface area contributed by atoms with Crippen molar-refractivity contribution in [3.05, 3.63) is 42.0 Å². The zero-order valence-electron chi connectivity index (χ0n) is 10.4. The van der Waals surface area contributed by atoms with E-state index in [2.05, 4.69) is 5.32 Å². The van der Waals surface area contributed by atoms with Crippen LogP contribution in [0.2, 0.25) is 0 Å². The maximum Gasteiger partial charge on any atom is 0.409 e. The minimum Gasteiger partial charge on any atom is -0.323 e. The van der Waals surface area contributed by atoms with Crippen LogP contribution in [0.4, 0.5) is 18.9 Å². The van der Waals surface area contributed by atoms with Crippen LogP contribution in [0.1, 0.15) is 5.56 Å². The summed E-state index contributed by atoms with van der Waals surface area (Å²) in [5.74, 6) is -1.16. The molecule has 4 nitrogen and oxygen atoms in total. The highest BCUT2D eigenvalue weighted by Crippen LogP contribution is 2.16. The van der Waals surface area contributed by atoms with Crippen molar-refractivity contribution >= 4 is 21.4 Å². The largest absolute Gasteiger partial charge is 0.409 e. The first kappa shape index (κ1) is 16.2. The van der Waals surface area contributed by atoms with E-state index in [4.69, 9.17) is 0 Å². The lowest BCUT2D eigenvalue weighted by Gasteiger charge is -2.05. The van der Waals surface area contributed by atoms with Gasteiger partial charge in [0.15, 0.2) is 9.84 Å². The minimum absolute atomic E-state index is 0.178. The normalized spacial score (nSPS) is 12.6. The topological polar surface area (TPSA) is 63.2 Å². The van der Waals surface area contributed by atoms with E-state index in [1.807, 2.05) is 0 Å². The SMILES string of the molecule is CS(=O)(=O)Cc1cccc(NC(=O)/C=C/C(F)(F)F)c1. The summed E-state index contributed by atoms with van der Waals surface area (Å²) >= 11 is 0. The number of alkyl halides is 3. The van der Waals surface area contributed by atoms with Crippen LogP contribution in [-0.4, -0.2) is 26.8 Å². The standard InChI is InChI=1S/C12H12F3NO3S/c1-20(18,19)8-9-3-2-4-10(7-9)16-11(17)5-6-12(13,14)15/h2-7H,8H2,1H3,(H,16,17)/b6-5+. The monoisotopic (exact) mass is 307 g/mol. The number of nitrogens with one attached hydrogen (secondary N) is 1. The number of carbonyl (C=O) groups excluding carboxylic acids is 1. The van der Waals surface area contributed by atoms with Crippen molar-refractivity contribution in [2.24, 2.45) is 0 Å². The van der Waals surface area contributed by atoms with E-state index in [0.29, 0.717) is 11.6 Å². The molecule has 0 spiro atoms. The first-order valence-corrected chi connectivity index (χ1v) is 7.45. The number of benzene rings is 1. The Labute approximate surface area is 114 Å². The molecular formula is C12H12F3NO3S. The van der Waals surface area contributed by atoms with Crippen LogP contribution < -0.4 is 5.32 Å². The quantitative estimate of drug-likeness (QED) is 0.868. The van der Waals surface area contributed by atoms with E-state index in [1.165, 1.54) is 18.2 Å². The lowest BCUT2D eigenvalue weighted by atomic mass is 10.2. The van der Waals surface area contributed by atoms with Crippen LogP contribution in [0.15, 0.2) is 36.4 Å². The number of allylic oxidation sites excluding steroid dienone is 1. The summed E-state index contributed by atoms with van der Waals surface area (Å²) in [5, 5.41) is 2.22. The molecule has 0 atom stereocenters. The van der Waals surface area contributed by atoms with Crippen LogP contribution in [-0.2, 0) is 20.4 Å². The highest BCUT2D eigenvalue weighted by atomic mass is 32.2. The van der Waals surface area contributed by atoms with Crippen LogP contribution in [0, 0.1) is 0 Å². The average Bonchev–Trinajstić information content (AvgIpc) is 2.23. The predicted octanol–water partition coefficient (Wildman–Crippen LogP) is 2.29. The van der Waals surface area contributed by atoms with E-state index in [1.54, 1.807) is 6.07 Å². The molecule has 0 aliphatic rings. The van der Waals surface area contributed by atoms with Gasteiger partial charge in [-0.2, -0.15) is 13.2 Å². The maximum atomic E-state index is 11.9. The van der Waals surface area contributed by atoms with E-state index in [0.717, 1.165) is 6.26 Å². The second kappa shape index (κ2) is 6.08. The number of hydrogen-bond acceptors (Lipinski definition) is 3. The molecule has 0 aliphatic heterocycles. The summed E-state index contributed by atoms with van der Waals surface area (Å²) < 4.78 is 57.9. The van der Waals surface area contributed by atoms with Crippen LogP contribution in [0.3, 0.4) is 0 Å². The Kier molecular flexibility index (Phi) is 4.93. The van der Waals surface area contributed by atoms with Crippen molar-refractivity contribution in [3.63, 3.8) is 0 Å². The molecule has 20 heavy (non-hydrogen) atoms. The van der Waals surface area contributed by atoms with Gasteiger partial charge in [0.1, 0.15) is 0 Å². The van der Waals surface area contributed by atoms with Crippen molar-refractivity contribution in [2.45, 2.75) is 11.9 Å². The van der Waals surface area contributed by atoms with Gasteiger partial charge in [0.05, 0.1) is 5.75 Å². The van der Waals surface area contributed by atoms with E-state index >= 15 is 0 Å². The number of sulfone groups is 1. The number of amides is 1. The predicted molar refractivity (Wildman–Crippen MR) is 68.8 cm³/mol. The van der Waals surface area contributed by atoms with Gasteiger partial charge in [-0.3, -0.25) is 4.79 Å². The van der Waals surface area contributed by atoms with Gasteiger partial charge in [-0.05, 0) is 17.7 Å². The molecule has 0 radical (unpaired) electrons. The van der Waals surface area contributed by atoms with Crippen molar-refractivity contribution in [1.82, 2.24) is 0 Å². The average molecular weight is 307 g/mol. The third kappa shape index (κ3) is 6.93. The fourth-order valence-electron chi connectivity index (χ4n) is 1.40. The summed E-state index contributed by atoms with van der Waals surface area (Å²) in [7, 11) is -3.23. The molecule has 0 unspecified atom stereocenters. The number of carbonyl (C=O) groups is 1. The van der Waals surface area contributed by atoms with Crippen molar-refractivity contribution in [3.8, 4) is 0 Å². The van der Waals surface area contributed by atoms with Crippen molar-refractivity contribution in [2.75, 3.05) is 11.6 Å².